The third-order valence-electron chi connectivity index (χ3n) is 12.3. The van der Waals surface area contributed by atoms with E-state index in [4.69, 9.17) is 18.9 Å². The molecule has 39 heavy (non-hydrogen) atoms. The molecule has 1 aliphatic heterocycles. The van der Waals surface area contributed by atoms with Gasteiger partial charge in [-0.3, -0.25) is 0 Å². The van der Waals surface area contributed by atoms with Crippen molar-refractivity contribution in [2.24, 2.45) is 46.3 Å². The number of methoxy groups -OCH3 is 2. The van der Waals surface area contributed by atoms with Crippen LogP contribution >= 0.6 is 0 Å². The minimum Gasteiger partial charge on any atom is -0.382 e. The molecule has 0 N–H and O–H groups in total. The summed E-state index contributed by atoms with van der Waals surface area (Å²) in [5.41, 5.74) is 2.60. The number of allylic oxidation sites excluding steroid dienone is 1. The summed E-state index contributed by atoms with van der Waals surface area (Å²) in [5.74, 6) is 5.31. The largest absolute Gasteiger partial charge is 0.382 e. The second kappa shape index (κ2) is 12.3. The molecule has 5 rings (SSSR count). The van der Waals surface area contributed by atoms with Crippen molar-refractivity contribution in [3.05, 3.63) is 23.8 Å². The van der Waals surface area contributed by atoms with Crippen LogP contribution in [0.25, 0.3) is 0 Å². The Labute approximate surface area is 239 Å². The topological polar surface area (TPSA) is 36.9 Å². The Hall–Kier alpha value is -0.680. The molecule has 0 aromatic heterocycles. The van der Waals surface area contributed by atoms with Crippen molar-refractivity contribution < 1.29 is 18.9 Å². The second-order valence-electron chi connectivity index (χ2n) is 14.9. The Kier molecular flexibility index (Phi) is 9.38. The normalized spacial score (nSPS) is 44.5. The highest BCUT2D eigenvalue weighted by Gasteiger charge is 2.59. The van der Waals surface area contributed by atoms with Crippen molar-refractivity contribution in [2.45, 2.75) is 130 Å². The van der Waals surface area contributed by atoms with Gasteiger partial charge in [-0.15, -0.1) is 0 Å². The van der Waals surface area contributed by atoms with Gasteiger partial charge in [0.2, 0.25) is 0 Å². The van der Waals surface area contributed by atoms with Crippen molar-refractivity contribution in [2.75, 3.05) is 20.8 Å². The summed E-state index contributed by atoms with van der Waals surface area (Å²) in [5, 5.41) is 0. The first-order chi connectivity index (χ1) is 18.7. The smallest absolute Gasteiger partial charge is 0.177 e. The molecule has 0 spiro atoms. The van der Waals surface area contributed by atoms with Crippen LogP contribution in [-0.2, 0) is 18.9 Å². The summed E-state index contributed by atoms with van der Waals surface area (Å²) in [7, 11) is 3.43. The van der Waals surface area contributed by atoms with Crippen LogP contribution in [0.3, 0.4) is 0 Å². The van der Waals surface area contributed by atoms with Gasteiger partial charge < -0.3 is 18.9 Å². The molecule has 0 aromatic rings. The van der Waals surface area contributed by atoms with E-state index in [9.17, 15) is 0 Å². The van der Waals surface area contributed by atoms with E-state index in [0.29, 0.717) is 17.4 Å². The number of rotatable bonds is 10. The summed E-state index contributed by atoms with van der Waals surface area (Å²) in [6.07, 6.45) is 21.3. The highest BCUT2D eigenvalue weighted by atomic mass is 16.7. The lowest BCUT2D eigenvalue weighted by atomic mass is 9.47. The molecule has 11 atom stereocenters. The molecule has 4 heteroatoms. The third kappa shape index (κ3) is 5.84. The monoisotopic (exact) mass is 542 g/mol. The Morgan fingerprint density at radius 1 is 0.974 bits per heavy atom. The number of fused-ring (bicyclic) bond motifs is 5. The number of hydrogen-bond acceptors (Lipinski definition) is 4. The average Bonchev–Trinajstić information content (AvgIpc) is 3.26. The Morgan fingerprint density at radius 2 is 1.79 bits per heavy atom. The van der Waals surface area contributed by atoms with E-state index in [0.717, 1.165) is 48.3 Å². The number of hydrogen-bond donors (Lipinski definition) is 0. The summed E-state index contributed by atoms with van der Waals surface area (Å²) in [4.78, 5) is 0. The van der Waals surface area contributed by atoms with Crippen molar-refractivity contribution in [1.29, 1.82) is 0 Å². The minimum atomic E-state index is -0.309. The lowest BCUT2D eigenvalue weighted by Gasteiger charge is -2.58. The molecule has 3 fully saturated rings. The molecular formula is C35H58O4. The van der Waals surface area contributed by atoms with E-state index in [-0.39, 0.29) is 24.6 Å². The maximum atomic E-state index is 6.54. The molecular weight excluding hydrogens is 484 g/mol. The van der Waals surface area contributed by atoms with E-state index >= 15 is 0 Å². The van der Waals surface area contributed by atoms with Crippen LogP contribution in [0.15, 0.2) is 23.8 Å². The Balaban J connectivity index is 1.22. The predicted octanol–water partition coefficient (Wildman–Crippen LogP) is 8.36. The Morgan fingerprint density at radius 3 is 2.54 bits per heavy atom. The zero-order valence-corrected chi connectivity index (χ0v) is 26.1. The van der Waals surface area contributed by atoms with Crippen molar-refractivity contribution in [3.63, 3.8) is 0 Å². The zero-order valence-electron chi connectivity index (χ0n) is 26.1. The maximum Gasteiger partial charge on any atom is 0.177 e. The average molecular weight is 543 g/mol. The maximum absolute atomic E-state index is 6.54. The lowest BCUT2D eigenvalue weighted by molar-refractivity contribution is -0.208. The summed E-state index contributed by atoms with van der Waals surface area (Å²) in [6.45, 7) is 13.2. The lowest BCUT2D eigenvalue weighted by Crippen LogP contribution is -2.51. The van der Waals surface area contributed by atoms with Gasteiger partial charge in [0.05, 0.1) is 12.7 Å². The van der Waals surface area contributed by atoms with Crippen molar-refractivity contribution >= 4 is 0 Å². The van der Waals surface area contributed by atoms with Gasteiger partial charge in [0.15, 0.2) is 6.29 Å². The molecule has 4 nitrogen and oxygen atoms in total. The van der Waals surface area contributed by atoms with Crippen LogP contribution in [0.5, 0.6) is 0 Å². The molecule has 5 aliphatic rings. The molecule has 0 radical (unpaired) electrons. The Bertz CT molecular complexity index is 880. The first-order valence-electron chi connectivity index (χ1n) is 16.4. The van der Waals surface area contributed by atoms with E-state index < -0.39 is 0 Å². The quantitative estimate of drug-likeness (QED) is 0.260. The van der Waals surface area contributed by atoms with Crippen LogP contribution in [-0.4, -0.2) is 45.4 Å². The van der Waals surface area contributed by atoms with Gasteiger partial charge in [-0.05, 0) is 104 Å². The van der Waals surface area contributed by atoms with Crippen molar-refractivity contribution in [3.8, 4) is 0 Å². The van der Waals surface area contributed by atoms with E-state index in [1.807, 2.05) is 6.08 Å². The zero-order chi connectivity index (χ0) is 27.8. The van der Waals surface area contributed by atoms with Gasteiger partial charge in [-0.2, -0.15) is 0 Å². The van der Waals surface area contributed by atoms with Gasteiger partial charge in [0.25, 0.3) is 0 Å². The fraction of sp³-hybridized carbons (Fsp3) is 0.886. The summed E-state index contributed by atoms with van der Waals surface area (Å²) >= 11 is 0. The standard InChI is InChI=1S/C35H58O4/c1-23(2)9-8-10-24(3)28-13-14-29-27-12-11-25-21-26(17-19-34(25,4)30(27)18-20-35(28,29)5)38-33-16-15-31(37-7)32(39-33)22-36-6/h11,15-16,23-24,26-33H,8-10,12-14,17-22H2,1-7H3/t24-,26+,27+,28-,29+,30+,31+,32-,33-,34+,35-/m1/s1. The van der Waals surface area contributed by atoms with Gasteiger partial charge in [0, 0.05) is 14.2 Å². The first kappa shape index (κ1) is 29.8. The van der Waals surface area contributed by atoms with Crippen molar-refractivity contribution in [1.82, 2.24) is 0 Å². The van der Waals surface area contributed by atoms with Crippen LogP contribution in [0, 0.1) is 46.3 Å². The van der Waals surface area contributed by atoms with Gasteiger partial charge in [-0.25, -0.2) is 0 Å². The SMILES string of the molecule is COC[C@H]1O[C@@H](O[C@H]2CC[C@@]3(C)C(=CC[C@H]4[C@@H]5CC[C@H]([C@H](C)CCCC(C)C)[C@@]5(C)CC[C@@H]43)C2)C=C[C@@H]1OC. The summed E-state index contributed by atoms with van der Waals surface area (Å²) in [6, 6.07) is 0. The minimum absolute atomic E-state index is 0.0763. The van der Waals surface area contributed by atoms with E-state index in [2.05, 4.69) is 46.8 Å². The highest BCUT2D eigenvalue weighted by Crippen LogP contribution is 2.67. The summed E-state index contributed by atoms with van der Waals surface area (Å²) < 4.78 is 23.7. The molecule has 3 saturated carbocycles. The van der Waals surface area contributed by atoms with Gasteiger partial charge in [-0.1, -0.05) is 71.6 Å². The highest BCUT2D eigenvalue weighted by molar-refractivity contribution is 5.25. The molecule has 1 heterocycles. The predicted molar refractivity (Wildman–Crippen MR) is 158 cm³/mol. The molecule has 0 unspecified atom stereocenters. The molecule has 222 valence electrons. The molecule has 0 bridgehead atoms. The van der Waals surface area contributed by atoms with E-state index in [1.54, 1.807) is 19.8 Å². The third-order valence-corrected chi connectivity index (χ3v) is 12.3. The molecule has 0 aromatic carbocycles. The van der Waals surface area contributed by atoms with Crippen LogP contribution in [0.1, 0.15) is 105 Å². The van der Waals surface area contributed by atoms with Crippen LogP contribution < -0.4 is 0 Å². The van der Waals surface area contributed by atoms with E-state index in [1.165, 1.54) is 57.8 Å². The van der Waals surface area contributed by atoms with Crippen LogP contribution in [0.2, 0.25) is 0 Å². The molecule has 0 saturated heterocycles. The van der Waals surface area contributed by atoms with Crippen LogP contribution in [0.4, 0.5) is 0 Å². The fourth-order valence-electron chi connectivity index (χ4n) is 10.2. The molecule has 4 aliphatic carbocycles. The second-order valence-corrected chi connectivity index (χ2v) is 14.9. The fourth-order valence-corrected chi connectivity index (χ4v) is 10.2. The first-order valence-corrected chi connectivity index (χ1v) is 16.4. The molecule has 0 amide bonds. The number of ether oxygens (including phenoxy) is 4. The van der Waals surface area contributed by atoms with Gasteiger partial charge >= 0.3 is 0 Å². The van der Waals surface area contributed by atoms with Gasteiger partial charge in [0.1, 0.15) is 12.2 Å².